The minimum atomic E-state index is -4.44. The maximum absolute atomic E-state index is 12.4. The number of aromatic nitrogens is 2. The molecule has 1 aliphatic carbocycles. The molecule has 0 bridgehead atoms. The summed E-state index contributed by atoms with van der Waals surface area (Å²) in [6, 6.07) is 5.04. The van der Waals surface area contributed by atoms with Gasteiger partial charge in [-0.25, -0.2) is 10.4 Å². The quantitative estimate of drug-likeness (QED) is 0.737. The number of nitrogens with one attached hydrogen (secondary N) is 2. The lowest BCUT2D eigenvalue weighted by Gasteiger charge is -2.13. The van der Waals surface area contributed by atoms with Crippen molar-refractivity contribution in [3.8, 4) is 5.88 Å². The predicted molar refractivity (Wildman–Crippen MR) is 86.3 cm³/mol. The summed E-state index contributed by atoms with van der Waals surface area (Å²) >= 11 is 0. The van der Waals surface area contributed by atoms with Crippen LogP contribution in [0.25, 0.3) is 0 Å². The molecule has 1 fully saturated rings. The van der Waals surface area contributed by atoms with Crippen LogP contribution in [0.3, 0.4) is 0 Å². The number of carbonyl (C=O) groups is 1. The number of ether oxygens (including phenoxy) is 1. The molecule has 0 radical (unpaired) electrons. The lowest BCUT2D eigenvalue weighted by Crippen LogP contribution is -2.37. The smallest absolute Gasteiger partial charge is 0.422 e. The van der Waals surface area contributed by atoms with Gasteiger partial charge in [-0.05, 0) is 42.0 Å². The Hall–Kier alpha value is -2.68. The molecule has 138 valence electrons. The first-order valence-electron chi connectivity index (χ1n) is 8.04. The highest BCUT2D eigenvalue weighted by atomic mass is 19.4. The fourth-order valence-electron chi connectivity index (χ4n) is 2.40. The number of carbonyl (C=O) groups excluding carboxylic acids is 1. The Morgan fingerprint density at radius 3 is 2.65 bits per heavy atom. The van der Waals surface area contributed by atoms with E-state index in [1.165, 1.54) is 12.3 Å². The molecule has 9 heteroatoms. The fraction of sp³-hybridized carbons (Fsp3) is 0.353. The molecule has 26 heavy (non-hydrogen) atoms. The van der Waals surface area contributed by atoms with E-state index in [2.05, 4.69) is 25.6 Å². The molecule has 2 heterocycles. The highest BCUT2D eigenvalue weighted by Gasteiger charge is 2.31. The van der Waals surface area contributed by atoms with Gasteiger partial charge in [0.05, 0.1) is 5.56 Å². The third-order valence-electron chi connectivity index (χ3n) is 3.80. The summed E-state index contributed by atoms with van der Waals surface area (Å²) in [6.07, 6.45) is 1.87. The highest BCUT2D eigenvalue weighted by Crippen LogP contribution is 2.42. The van der Waals surface area contributed by atoms with E-state index in [1.54, 1.807) is 12.4 Å². The van der Waals surface area contributed by atoms with Crippen LogP contribution < -0.4 is 15.6 Å². The number of amides is 1. The van der Waals surface area contributed by atoms with E-state index >= 15 is 0 Å². The number of nitrogens with zero attached hydrogens (tertiary/aromatic N) is 2. The highest BCUT2D eigenvalue weighted by molar-refractivity contribution is 5.95. The molecule has 1 amide bonds. The average Bonchev–Trinajstić information content (AvgIpc) is 3.45. The van der Waals surface area contributed by atoms with Gasteiger partial charge in [-0.3, -0.25) is 15.2 Å². The van der Waals surface area contributed by atoms with Gasteiger partial charge in [0.25, 0.3) is 5.91 Å². The number of alkyl halides is 3. The normalized spacial score (nSPS) is 14.1. The van der Waals surface area contributed by atoms with E-state index in [0.29, 0.717) is 17.7 Å². The van der Waals surface area contributed by atoms with Gasteiger partial charge in [-0.2, -0.15) is 13.2 Å². The molecule has 0 atom stereocenters. The summed E-state index contributed by atoms with van der Waals surface area (Å²) in [5, 5.41) is 0. The van der Waals surface area contributed by atoms with Crippen LogP contribution in [0.4, 0.5) is 13.2 Å². The molecule has 0 unspecified atom stereocenters. The van der Waals surface area contributed by atoms with Gasteiger partial charge >= 0.3 is 6.18 Å². The first kappa shape index (κ1) is 18.1. The van der Waals surface area contributed by atoms with Gasteiger partial charge in [0.15, 0.2) is 6.61 Å². The van der Waals surface area contributed by atoms with E-state index in [9.17, 15) is 18.0 Å². The second kappa shape index (κ2) is 7.69. The molecule has 2 N–H and O–H groups in total. The van der Waals surface area contributed by atoms with Gasteiger partial charge in [-0.1, -0.05) is 0 Å². The largest absolute Gasteiger partial charge is 0.468 e. The number of hydrazine groups is 1. The molecule has 0 aromatic carbocycles. The molecule has 0 aliphatic heterocycles. The van der Waals surface area contributed by atoms with Crippen LogP contribution >= 0.6 is 0 Å². The SMILES string of the molecule is O=C(NNCc1ccncc1)c1cnc(OCC(F)(F)F)cc1C1CC1. The van der Waals surface area contributed by atoms with E-state index in [4.69, 9.17) is 0 Å². The summed E-state index contributed by atoms with van der Waals surface area (Å²) in [4.78, 5) is 20.1. The van der Waals surface area contributed by atoms with E-state index < -0.39 is 18.7 Å². The van der Waals surface area contributed by atoms with Crippen molar-refractivity contribution in [1.82, 2.24) is 20.8 Å². The predicted octanol–water partition coefficient (Wildman–Crippen LogP) is 2.73. The molecular formula is C17H17F3N4O2. The Bertz CT molecular complexity index is 764. The molecule has 0 spiro atoms. The van der Waals surface area contributed by atoms with Gasteiger partial charge in [0, 0.05) is 31.2 Å². The Labute approximate surface area is 147 Å². The molecule has 6 nitrogen and oxygen atoms in total. The first-order chi connectivity index (χ1) is 12.4. The number of hydrogen-bond donors (Lipinski definition) is 2. The number of halogens is 3. The first-order valence-corrected chi connectivity index (χ1v) is 8.04. The van der Waals surface area contributed by atoms with Crippen molar-refractivity contribution in [3.05, 3.63) is 53.5 Å². The Kier molecular flexibility index (Phi) is 5.36. The molecular weight excluding hydrogens is 349 g/mol. The van der Waals surface area contributed by atoms with Crippen molar-refractivity contribution >= 4 is 5.91 Å². The second-order valence-corrected chi connectivity index (χ2v) is 5.95. The molecule has 2 aromatic rings. The van der Waals surface area contributed by atoms with E-state index in [-0.39, 0.29) is 11.8 Å². The van der Waals surface area contributed by atoms with Gasteiger partial charge in [-0.15, -0.1) is 0 Å². The zero-order valence-electron chi connectivity index (χ0n) is 13.7. The second-order valence-electron chi connectivity index (χ2n) is 5.95. The van der Waals surface area contributed by atoms with Crippen molar-refractivity contribution in [2.45, 2.75) is 31.5 Å². The fourth-order valence-corrected chi connectivity index (χ4v) is 2.40. The zero-order chi connectivity index (χ0) is 18.6. The van der Waals surface area contributed by atoms with Crippen LogP contribution in [-0.4, -0.2) is 28.7 Å². The summed E-state index contributed by atoms with van der Waals surface area (Å²) in [6.45, 7) is -1.00. The average molecular weight is 366 g/mol. The van der Waals surface area contributed by atoms with Crippen molar-refractivity contribution < 1.29 is 22.7 Å². The number of pyridine rings is 2. The van der Waals surface area contributed by atoms with Crippen LogP contribution in [0.15, 0.2) is 36.8 Å². The van der Waals surface area contributed by atoms with Crippen LogP contribution in [0.1, 0.15) is 40.2 Å². The van der Waals surface area contributed by atoms with Crippen LogP contribution in [-0.2, 0) is 6.54 Å². The van der Waals surface area contributed by atoms with Crippen LogP contribution in [0, 0.1) is 0 Å². The number of rotatable bonds is 7. The lowest BCUT2D eigenvalue weighted by molar-refractivity contribution is -0.154. The monoisotopic (exact) mass is 366 g/mol. The van der Waals surface area contributed by atoms with Crippen LogP contribution in [0.5, 0.6) is 5.88 Å². The zero-order valence-corrected chi connectivity index (χ0v) is 13.7. The third-order valence-corrected chi connectivity index (χ3v) is 3.80. The van der Waals surface area contributed by atoms with Crippen molar-refractivity contribution in [1.29, 1.82) is 0 Å². The Balaban J connectivity index is 1.63. The molecule has 0 saturated heterocycles. The Morgan fingerprint density at radius 2 is 2.00 bits per heavy atom. The van der Waals surface area contributed by atoms with E-state index in [1.807, 2.05) is 12.1 Å². The van der Waals surface area contributed by atoms with Crippen molar-refractivity contribution in [2.24, 2.45) is 0 Å². The topological polar surface area (TPSA) is 76.1 Å². The summed E-state index contributed by atoms with van der Waals surface area (Å²) in [7, 11) is 0. The summed E-state index contributed by atoms with van der Waals surface area (Å²) in [5.41, 5.74) is 7.31. The summed E-state index contributed by atoms with van der Waals surface area (Å²) < 4.78 is 41.5. The minimum absolute atomic E-state index is 0.134. The maximum Gasteiger partial charge on any atom is 0.422 e. The van der Waals surface area contributed by atoms with Crippen LogP contribution in [0.2, 0.25) is 0 Å². The number of hydrogen-bond acceptors (Lipinski definition) is 5. The molecule has 3 rings (SSSR count). The maximum atomic E-state index is 12.4. The third kappa shape index (κ3) is 5.16. The van der Waals surface area contributed by atoms with Crippen molar-refractivity contribution in [2.75, 3.05) is 6.61 Å². The molecule has 2 aromatic heterocycles. The van der Waals surface area contributed by atoms with Gasteiger partial charge in [0.2, 0.25) is 5.88 Å². The minimum Gasteiger partial charge on any atom is -0.468 e. The standard InChI is InChI=1S/C17H17F3N4O2/c18-17(19,20)10-26-15-7-13(12-1-2-12)14(9-22-15)16(25)24-23-8-11-3-5-21-6-4-11/h3-7,9,12,23H,1-2,8,10H2,(H,24,25). The van der Waals surface area contributed by atoms with Gasteiger partial charge in [0.1, 0.15) is 0 Å². The molecule has 1 saturated carbocycles. The summed E-state index contributed by atoms with van der Waals surface area (Å²) in [5.74, 6) is -0.381. The van der Waals surface area contributed by atoms with Crippen molar-refractivity contribution in [3.63, 3.8) is 0 Å². The Morgan fingerprint density at radius 1 is 1.27 bits per heavy atom. The molecule has 1 aliphatic rings. The van der Waals surface area contributed by atoms with Gasteiger partial charge < -0.3 is 4.74 Å². The van der Waals surface area contributed by atoms with E-state index in [0.717, 1.165) is 18.4 Å². The lowest BCUT2D eigenvalue weighted by atomic mass is 10.1.